The normalized spacial score (nSPS) is 16.5. The molecular weight excluding hydrogens is 396 g/mol. The Morgan fingerprint density at radius 1 is 1.10 bits per heavy atom. The Morgan fingerprint density at radius 3 is 2.58 bits per heavy atom. The van der Waals surface area contributed by atoms with Crippen molar-refractivity contribution >= 4 is 22.7 Å². The van der Waals surface area contributed by atoms with Gasteiger partial charge in [0.25, 0.3) is 5.91 Å². The summed E-state index contributed by atoms with van der Waals surface area (Å²) in [4.78, 5) is 31.8. The fourth-order valence-electron chi connectivity index (χ4n) is 3.86. The van der Waals surface area contributed by atoms with E-state index in [4.69, 9.17) is 8.83 Å². The van der Waals surface area contributed by atoms with Gasteiger partial charge in [0.15, 0.2) is 11.5 Å². The Morgan fingerprint density at radius 2 is 1.87 bits per heavy atom. The minimum absolute atomic E-state index is 0.0505. The monoisotopic (exact) mass is 414 g/mol. The lowest BCUT2D eigenvalue weighted by atomic mass is 9.99. The van der Waals surface area contributed by atoms with Gasteiger partial charge in [-0.1, -0.05) is 18.2 Å². The molecule has 1 amide bonds. The fraction of sp³-hybridized carbons (Fsp3) is 0.125. The van der Waals surface area contributed by atoms with Crippen LogP contribution < -0.4 is 0 Å². The van der Waals surface area contributed by atoms with E-state index in [0.717, 1.165) is 10.9 Å². The number of fused-ring (bicyclic) bond motifs is 1. The van der Waals surface area contributed by atoms with E-state index in [-0.39, 0.29) is 17.9 Å². The summed E-state index contributed by atoms with van der Waals surface area (Å²) in [6.45, 7) is 1.95. The number of hydrogen-bond donors (Lipinski definition) is 1. The maximum atomic E-state index is 13.4. The van der Waals surface area contributed by atoms with Crippen molar-refractivity contribution in [3.05, 3.63) is 101 Å². The first-order valence-electron chi connectivity index (χ1n) is 9.75. The largest absolute Gasteiger partial charge is 0.503 e. The van der Waals surface area contributed by atoms with Gasteiger partial charge in [0, 0.05) is 24.3 Å². The molecule has 0 saturated heterocycles. The summed E-state index contributed by atoms with van der Waals surface area (Å²) in [5, 5.41) is 11.5. The summed E-state index contributed by atoms with van der Waals surface area (Å²) >= 11 is 0. The van der Waals surface area contributed by atoms with Crippen molar-refractivity contribution in [2.75, 3.05) is 0 Å². The van der Waals surface area contributed by atoms with Gasteiger partial charge in [-0.25, -0.2) is 0 Å². The van der Waals surface area contributed by atoms with Crippen LogP contribution in [0.3, 0.4) is 0 Å². The predicted molar refractivity (Wildman–Crippen MR) is 111 cm³/mol. The van der Waals surface area contributed by atoms with Crippen molar-refractivity contribution in [3.8, 4) is 0 Å². The average Bonchev–Trinajstić information content (AvgIpc) is 3.46. The molecule has 4 heterocycles. The van der Waals surface area contributed by atoms with Crippen molar-refractivity contribution in [3.63, 3.8) is 0 Å². The lowest BCUT2D eigenvalue weighted by molar-refractivity contribution is -0.130. The van der Waals surface area contributed by atoms with E-state index in [9.17, 15) is 14.7 Å². The molecule has 5 rings (SSSR count). The summed E-state index contributed by atoms with van der Waals surface area (Å²) in [5.41, 5.74) is 1.30. The first-order valence-corrected chi connectivity index (χ1v) is 9.75. The zero-order valence-electron chi connectivity index (χ0n) is 16.6. The van der Waals surface area contributed by atoms with Crippen LogP contribution in [0.15, 0.2) is 87.2 Å². The number of ketones is 1. The van der Waals surface area contributed by atoms with Crippen LogP contribution in [-0.4, -0.2) is 26.7 Å². The zero-order valence-corrected chi connectivity index (χ0v) is 16.6. The molecule has 7 nitrogen and oxygen atoms in total. The van der Waals surface area contributed by atoms with Gasteiger partial charge in [-0.05, 0) is 48.9 Å². The smallest absolute Gasteiger partial charge is 0.290 e. The van der Waals surface area contributed by atoms with Gasteiger partial charge in [-0.15, -0.1) is 0 Å². The molecule has 1 atom stereocenters. The molecule has 0 bridgehead atoms. The zero-order chi connectivity index (χ0) is 21.5. The SMILES string of the molecule is Cc1ccc(C2C(C(=O)c3cc4ccccc4o3)=C(O)C(=O)N2Cc2ccncc2)o1. The third-order valence-electron chi connectivity index (χ3n) is 5.33. The molecule has 1 aromatic carbocycles. The number of benzene rings is 1. The average molecular weight is 414 g/mol. The van der Waals surface area contributed by atoms with Gasteiger partial charge >= 0.3 is 0 Å². The third kappa shape index (κ3) is 3.20. The number of nitrogens with zero attached hydrogens (tertiary/aromatic N) is 2. The highest BCUT2D eigenvalue weighted by Gasteiger charge is 2.46. The summed E-state index contributed by atoms with van der Waals surface area (Å²) in [6.07, 6.45) is 3.24. The van der Waals surface area contributed by atoms with Gasteiger partial charge in [-0.3, -0.25) is 14.6 Å². The van der Waals surface area contributed by atoms with Crippen LogP contribution in [0, 0.1) is 6.92 Å². The second-order valence-corrected chi connectivity index (χ2v) is 7.38. The van der Waals surface area contributed by atoms with E-state index in [2.05, 4.69) is 4.98 Å². The number of aryl methyl sites for hydroxylation is 1. The topological polar surface area (TPSA) is 96.8 Å². The molecule has 1 N–H and O–H groups in total. The molecule has 7 heteroatoms. The summed E-state index contributed by atoms with van der Waals surface area (Å²) in [6, 6.07) is 15.0. The van der Waals surface area contributed by atoms with Crippen LogP contribution in [0.5, 0.6) is 0 Å². The lowest BCUT2D eigenvalue weighted by Gasteiger charge is -2.24. The Labute approximate surface area is 177 Å². The van der Waals surface area contributed by atoms with Gasteiger partial charge in [0.1, 0.15) is 23.1 Å². The minimum atomic E-state index is -0.880. The van der Waals surface area contributed by atoms with Gasteiger partial charge in [-0.2, -0.15) is 0 Å². The molecule has 31 heavy (non-hydrogen) atoms. The maximum absolute atomic E-state index is 13.4. The second-order valence-electron chi connectivity index (χ2n) is 7.38. The molecule has 1 aliphatic rings. The summed E-state index contributed by atoms with van der Waals surface area (Å²) < 4.78 is 11.5. The molecule has 0 fully saturated rings. The molecule has 0 radical (unpaired) electrons. The van der Waals surface area contributed by atoms with Crippen molar-refractivity contribution in [2.24, 2.45) is 0 Å². The molecule has 1 unspecified atom stereocenters. The Hall–Kier alpha value is -4.13. The number of carbonyl (C=O) groups is 2. The first-order chi connectivity index (χ1) is 15.0. The highest BCUT2D eigenvalue weighted by atomic mass is 16.4. The number of pyridine rings is 1. The van der Waals surface area contributed by atoms with Crippen LogP contribution >= 0.6 is 0 Å². The number of hydrogen-bond acceptors (Lipinski definition) is 6. The van der Waals surface area contributed by atoms with Crippen LogP contribution in [0.1, 0.15) is 33.7 Å². The lowest BCUT2D eigenvalue weighted by Crippen LogP contribution is -2.30. The van der Waals surface area contributed by atoms with E-state index < -0.39 is 23.5 Å². The molecule has 0 spiro atoms. The third-order valence-corrected chi connectivity index (χ3v) is 5.33. The van der Waals surface area contributed by atoms with Crippen molar-refractivity contribution in [1.82, 2.24) is 9.88 Å². The number of amides is 1. The second kappa shape index (κ2) is 7.28. The van der Waals surface area contributed by atoms with Crippen LogP contribution in [-0.2, 0) is 11.3 Å². The number of Topliss-reactive ketones (excluding diaryl/α,β-unsaturated/α-hetero) is 1. The molecule has 4 aromatic rings. The minimum Gasteiger partial charge on any atom is -0.503 e. The highest BCUT2D eigenvalue weighted by molar-refractivity contribution is 6.15. The summed E-state index contributed by atoms with van der Waals surface area (Å²) in [7, 11) is 0. The first kappa shape index (κ1) is 18.9. The van der Waals surface area contributed by atoms with Crippen molar-refractivity contribution < 1.29 is 23.5 Å². The quantitative estimate of drug-likeness (QED) is 0.483. The van der Waals surface area contributed by atoms with Crippen molar-refractivity contribution in [2.45, 2.75) is 19.5 Å². The van der Waals surface area contributed by atoms with Crippen molar-refractivity contribution in [1.29, 1.82) is 0 Å². The fourth-order valence-corrected chi connectivity index (χ4v) is 3.86. The molecule has 3 aromatic heterocycles. The van der Waals surface area contributed by atoms with Gasteiger partial charge in [0.05, 0.1) is 5.57 Å². The number of aliphatic hydroxyl groups is 1. The van der Waals surface area contributed by atoms with Crippen LogP contribution in [0.2, 0.25) is 0 Å². The van der Waals surface area contributed by atoms with Crippen LogP contribution in [0.4, 0.5) is 0 Å². The molecular formula is C24H18N2O5. The van der Waals surface area contributed by atoms with E-state index in [0.29, 0.717) is 17.1 Å². The number of rotatable bonds is 5. The standard InChI is InChI=1S/C24H18N2O5/c1-14-6-7-18(30-14)21-20(22(27)19-12-16-4-2-3-5-17(16)31-19)23(28)24(29)26(21)13-15-8-10-25-11-9-15/h2-12,21,28H,13H2,1H3. The number of para-hydroxylation sites is 1. The maximum Gasteiger partial charge on any atom is 0.290 e. The van der Waals surface area contributed by atoms with E-state index >= 15 is 0 Å². The number of furan rings is 2. The van der Waals surface area contributed by atoms with E-state index in [1.54, 1.807) is 61.8 Å². The molecule has 0 saturated carbocycles. The Bertz CT molecular complexity index is 1300. The number of aliphatic hydroxyl groups excluding tert-OH is 1. The van der Waals surface area contributed by atoms with E-state index in [1.807, 2.05) is 12.1 Å². The van der Waals surface area contributed by atoms with Gasteiger partial charge < -0.3 is 18.8 Å². The molecule has 1 aliphatic heterocycles. The molecule has 154 valence electrons. The number of carbonyl (C=O) groups excluding carboxylic acids is 2. The van der Waals surface area contributed by atoms with Crippen LogP contribution in [0.25, 0.3) is 11.0 Å². The van der Waals surface area contributed by atoms with E-state index in [1.165, 1.54) is 4.90 Å². The Balaban J connectivity index is 1.59. The molecule has 0 aliphatic carbocycles. The number of aromatic nitrogens is 1. The Kier molecular flexibility index (Phi) is 4.43. The highest BCUT2D eigenvalue weighted by Crippen LogP contribution is 2.41. The predicted octanol–water partition coefficient (Wildman–Crippen LogP) is 4.51. The summed E-state index contributed by atoms with van der Waals surface area (Å²) in [5.74, 6) is -0.724. The van der Waals surface area contributed by atoms with Gasteiger partial charge in [0.2, 0.25) is 5.78 Å².